The van der Waals surface area contributed by atoms with Crippen molar-refractivity contribution in [2.75, 3.05) is 0 Å². The third kappa shape index (κ3) is 11.6. The van der Waals surface area contributed by atoms with Crippen molar-refractivity contribution in [2.24, 2.45) is 5.92 Å². The molecule has 0 saturated carbocycles. The van der Waals surface area contributed by atoms with E-state index in [-0.39, 0.29) is 12.1 Å². The summed E-state index contributed by atoms with van der Waals surface area (Å²) in [6.45, 7) is 11.9. The fourth-order valence-electron chi connectivity index (χ4n) is 1.59. The number of hydrogen-bond acceptors (Lipinski definition) is 2. The Hall–Kier alpha value is -1.49. The molecule has 0 bridgehead atoms. The zero-order valence-corrected chi connectivity index (χ0v) is 13.4. The van der Waals surface area contributed by atoms with Crippen LogP contribution in [0.1, 0.15) is 59.8 Å². The minimum Gasteiger partial charge on any atom is -0.449 e. The molecule has 0 aliphatic heterocycles. The average molecular weight is 276 g/mol. The van der Waals surface area contributed by atoms with Gasteiger partial charge in [0.1, 0.15) is 0 Å². The Morgan fingerprint density at radius 2 is 2.05 bits per heavy atom. The number of unbranched alkanes of at least 4 members (excludes halogenated alkanes) is 2. The zero-order valence-electron chi connectivity index (χ0n) is 13.4. The largest absolute Gasteiger partial charge is 0.449 e. The van der Waals surface area contributed by atoms with Crippen LogP contribution < -0.4 is 0 Å². The molecule has 1 unspecified atom stereocenters. The van der Waals surface area contributed by atoms with E-state index in [4.69, 9.17) is 4.74 Å². The van der Waals surface area contributed by atoms with E-state index < -0.39 is 0 Å². The Morgan fingerprint density at radius 3 is 2.60 bits per heavy atom. The monoisotopic (exact) mass is 276 g/mol. The van der Waals surface area contributed by atoms with E-state index in [0.717, 1.165) is 24.8 Å². The van der Waals surface area contributed by atoms with Crippen molar-refractivity contribution in [1.82, 2.24) is 0 Å². The minimum absolute atomic E-state index is 0.209. The molecule has 0 fully saturated rings. The van der Waals surface area contributed by atoms with Gasteiger partial charge in [0.05, 0.1) is 6.42 Å². The van der Waals surface area contributed by atoms with Gasteiger partial charge in [-0.25, -0.2) is 0 Å². The Labute approximate surface area is 124 Å². The van der Waals surface area contributed by atoms with Crippen LogP contribution in [-0.4, -0.2) is 12.1 Å². The van der Waals surface area contributed by atoms with Crippen LogP contribution in [-0.2, 0) is 9.53 Å². The van der Waals surface area contributed by atoms with Crippen LogP contribution >= 0.6 is 0 Å². The molecule has 0 aliphatic carbocycles. The molecule has 0 radical (unpaired) electrons. The highest BCUT2D eigenvalue weighted by molar-refractivity contribution is 5.71. The third-order valence-corrected chi connectivity index (χ3v) is 2.58. The van der Waals surface area contributed by atoms with Crippen LogP contribution in [0.2, 0.25) is 0 Å². The number of esters is 1. The molecule has 0 spiro atoms. The summed E-state index contributed by atoms with van der Waals surface area (Å²) >= 11 is 0. The molecule has 0 rings (SSSR count). The molecule has 20 heavy (non-hydrogen) atoms. The maximum absolute atomic E-state index is 11.7. The Morgan fingerprint density at radius 1 is 1.35 bits per heavy atom. The molecule has 2 heteroatoms. The van der Waals surface area contributed by atoms with Crippen molar-refractivity contribution >= 4 is 5.97 Å². The first-order valence-corrected chi connectivity index (χ1v) is 7.47. The molecule has 2 nitrogen and oxygen atoms in total. The van der Waals surface area contributed by atoms with Crippen molar-refractivity contribution < 1.29 is 9.53 Å². The summed E-state index contributed by atoms with van der Waals surface area (Å²) in [6.07, 6.45) is 8.03. The number of carbonyl (C=O) groups is 1. The number of hydrogen-bond donors (Lipinski definition) is 0. The van der Waals surface area contributed by atoms with Gasteiger partial charge in [-0.2, -0.15) is 0 Å². The van der Waals surface area contributed by atoms with Crippen LogP contribution in [0.4, 0.5) is 0 Å². The van der Waals surface area contributed by atoms with Crippen LogP contribution in [0.25, 0.3) is 0 Å². The van der Waals surface area contributed by atoms with Gasteiger partial charge in [-0.05, 0) is 31.3 Å². The second-order valence-corrected chi connectivity index (χ2v) is 5.48. The predicted molar refractivity (Wildman–Crippen MR) is 85.2 cm³/mol. The number of carbonyl (C=O) groups excluding carboxylic acids is 1. The Balaban J connectivity index is 4.29. The highest BCUT2D eigenvalue weighted by Gasteiger charge is 2.12. The molecule has 0 aromatic heterocycles. The topological polar surface area (TPSA) is 26.3 Å². The van der Waals surface area contributed by atoms with Crippen molar-refractivity contribution in [1.29, 1.82) is 0 Å². The molecular weight excluding hydrogens is 248 g/mol. The van der Waals surface area contributed by atoms with Crippen molar-refractivity contribution in [3.8, 4) is 11.8 Å². The summed E-state index contributed by atoms with van der Waals surface area (Å²) < 4.78 is 5.41. The first-order chi connectivity index (χ1) is 9.45. The summed E-state index contributed by atoms with van der Waals surface area (Å²) in [4.78, 5) is 11.7. The van der Waals surface area contributed by atoms with Crippen molar-refractivity contribution in [2.45, 2.75) is 65.9 Å². The van der Waals surface area contributed by atoms with Gasteiger partial charge in [0.2, 0.25) is 0 Å². The zero-order chi connectivity index (χ0) is 15.4. The van der Waals surface area contributed by atoms with Crippen LogP contribution in [0.5, 0.6) is 0 Å². The van der Waals surface area contributed by atoms with E-state index in [1.165, 1.54) is 6.42 Å². The lowest BCUT2D eigenvalue weighted by molar-refractivity contribution is -0.145. The second-order valence-electron chi connectivity index (χ2n) is 5.48. The Kier molecular flexibility index (Phi) is 10.5. The van der Waals surface area contributed by atoms with Gasteiger partial charge in [0.15, 0.2) is 6.10 Å². The molecule has 0 saturated heterocycles. The van der Waals surface area contributed by atoms with Gasteiger partial charge in [-0.3, -0.25) is 4.79 Å². The molecule has 0 aromatic rings. The quantitative estimate of drug-likeness (QED) is 0.279. The molecular formula is C18H28O2. The molecule has 0 heterocycles. The van der Waals surface area contributed by atoms with E-state index in [0.29, 0.717) is 12.3 Å². The SMILES string of the molecule is C=C(C)C#CC(CC(C)C)OC(=O)C/C=C/CCCC. The summed E-state index contributed by atoms with van der Waals surface area (Å²) in [5.74, 6) is 6.10. The molecule has 0 N–H and O–H groups in total. The highest BCUT2D eigenvalue weighted by Crippen LogP contribution is 2.09. The molecule has 0 amide bonds. The van der Waals surface area contributed by atoms with E-state index >= 15 is 0 Å². The van der Waals surface area contributed by atoms with E-state index in [2.05, 4.69) is 39.2 Å². The van der Waals surface area contributed by atoms with Crippen molar-refractivity contribution in [3.05, 3.63) is 24.3 Å². The normalized spacial score (nSPS) is 12.1. The summed E-state index contributed by atoms with van der Waals surface area (Å²) in [5, 5.41) is 0. The van der Waals surface area contributed by atoms with Crippen LogP contribution in [0, 0.1) is 17.8 Å². The lowest BCUT2D eigenvalue weighted by Gasteiger charge is -2.14. The van der Waals surface area contributed by atoms with Crippen molar-refractivity contribution in [3.63, 3.8) is 0 Å². The smallest absolute Gasteiger partial charge is 0.310 e. The standard InChI is InChI=1S/C18H28O2/c1-6-7-8-9-10-11-18(19)20-17(14-16(4)5)13-12-15(2)3/h9-10,16-17H,2,6-8,11,14H2,1,3-5H3/b10-9+. The first kappa shape index (κ1) is 18.5. The van der Waals surface area contributed by atoms with Gasteiger partial charge in [-0.15, -0.1) is 0 Å². The number of allylic oxidation sites excluding steroid dienone is 2. The summed E-state index contributed by atoms with van der Waals surface area (Å²) in [6, 6.07) is 0. The van der Waals surface area contributed by atoms with Gasteiger partial charge in [0.25, 0.3) is 0 Å². The van der Waals surface area contributed by atoms with Gasteiger partial charge >= 0.3 is 5.97 Å². The third-order valence-electron chi connectivity index (χ3n) is 2.58. The number of rotatable bonds is 8. The Bertz CT molecular complexity index is 380. The molecule has 0 aliphatic rings. The highest BCUT2D eigenvalue weighted by atomic mass is 16.5. The maximum atomic E-state index is 11.7. The molecule has 112 valence electrons. The lowest BCUT2D eigenvalue weighted by Crippen LogP contribution is -2.18. The number of ether oxygens (including phenoxy) is 1. The van der Waals surface area contributed by atoms with Crippen LogP contribution in [0.15, 0.2) is 24.3 Å². The van der Waals surface area contributed by atoms with E-state index in [1.807, 2.05) is 19.1 Å². The molecule has 1 atom stereocenters. The average Bonchev–Trinajstić information content (AvgIpc) is 2.35. The van der Waals surface area contributed by atoms with Gasteiger partial charge in [0, 0.05) is 0 Å². The predicted octanol–water partition coefficient (Wildman–Crippen LogP) is 4.66. The maximum Gasteiger partial charge on any atom is 0.310 e. The summed E-state index contributed by atoms with van der Waals surface area (Å²) in [7, 11) is 0. The van der Waals surface area contributed by atoms with Gasteiger partial charge in [-0.1, -0.05) is 64.2 Å². The van der Waals surface area contributed by atoms with Crippen LogP contribution in [0.3, 0.4) is 0 Å². The van der Waals surface area contributed by atoms with Gasteiger partial charge < -0.3 is 4.74 Å². The second kappa shape index (κ2) is 11.3. The first-order valence-electron chi connectivity index (χ1n) is 7.47. The minimum atomic E-state index is -0.330. The van der Waals surface area contributed by atoms with E-state index in [9.17, 15) is 4.79 Å². The fourth-order valence-corrected chi connectivity index (χ4v) is 1.59. The lowest BCUT2D eigenvalue weighted by atomic mass is 10.1. The molecule has 0 aromatic carbocycles. The fraction of sp³-hybridized carbons (Fsp3) is 0.611. The summed E-state index contributed by atoms with van der Waals surface area (Å²) in [5.41, 5.74) is 0.786. The van der Waals surface area contributed by atoms with E-state index in [1.54, 1.807) is 0 Å².